The van der Waals surface area contributed by atoms with Crippen molar-refractivity contribution >= 4 is 22.6 Å². The van der Waals surface area contributed by atoms with Crippen LogP contribution in [0.15, 0.2) is 6.20 Å². The minimum Gasteiger partial charge on any atom is -0.325 e. The Morgan fingerprint density at radius 3 is 2.88 bits per heavy atom. The van der Waals surface area contributed by atoms with Crippen LogP contribution < -0.4 is 0 Å². The van der Waals surface area contributed by atoms with Crippen LogP contribution in [0.4, 0.5) is 0 Å². The van der Waals surface area contributed by atoms with Crippen molar-refractivity contribution in [2.45, 2.75) is 0 Å². The van der Waals surface area contributed by atoms with E-state index in [1.165, 1.54) is 0 Å². The molecule has 0 atom stereocenters. The normalized spacial score (nSPS) is 8.50. The highest BCUT2D eigenvalue weighted by Gasteiger charge is 1.91. The maximum Gasteiger partial charge on any atom is 0.210 e. The van der Waals surface area contributed by atoms with Crippen LogP contribution in [0.1, 0.15) is 5.82 Å². The SMILES string of the molecule is N#Cc1ncc(I)[nH]1. The summed E-state index contributed by atoms with van der Waals surface area (Å²) in [5.41, 5.74) is 0. The van der Waals surface area contributed by atoms with Crippen molar-refractivity contribution in [3.8, 4) is 6.07 Å². The topological polar surface area (TPSA) is 52.5 Å². The minimum atomic E-state index is 0.370. The number of H-pyrrole nitrogens is 1. The van der Waals surface area contributed by atoms with Gasteiger partial charge in [-0.25, -0.2) is 4.98 Å². The highest BCUT2D eigenvalue weighted by Crippen LogP contribution is 1.97. The van der Waals surface area contributed by atoms with Gasteiger partial charge in [0.2, 0.25) is 5.82 Å². The molecule has 0 amide bonds. The van der Waals surface area contributed by atoms with Crippen LogP contribution in [0, 0.1) is 15.0 Å². The summed E-state index contributed by atoms with van der Waals surface area (Å²) in [6.45, 7) is 0. The second kappa shape index (κ2) is 2.13. The van der Waals surface area contributed by atoms with Gasteiger partial charge in [0, 0.05) is 0 Å². The summed E-state index contributed by atoms with van der Waals surface area (Å²) in [5.74, 6) is 0.370. The van der Waals surface area contributed by atoms with Gasteiger partial charge in [-0.1, -0.05) is 0 Å². The quantitative estimate of drug-likeness (QED) is 0.658. The molecule has 0 aliphatic heterocycles. The predicted octanol–water partition coefficient (Wildman–Crippen LogP) is 0.886. The molecule has 8 heavy (non-hydrogen) atoms. The lowest BCUT2D eigenvalue weighted by Crippen LogP contribution is -1.73. The first-order chi connectivity index (χ1) is 3.83. The number of rotatable bonds is 0. The van der Waals surface area contributed by atoms with E-state index in [-0.39, 0.29) is 0 Å². The summed E-state index contributed by atoms with van der Waals surface area (Å²) in [6.07, 6.45) is 1.61. The number of hydrogen-bond acceptors (Lipinski definition) is 2. The molecule has 1 aromatic rings. The molecule has 4 heteroatoms. The van der Waals surface area contributed by atoms with Gasteiger partial charge >= 0.3 is 0 Å². The second-order valence-corrected chi connectivity index (χ2v) is 2.35. The molecule has 0 aliphatic rings. The molecular formula is C4H2IN3. The number of hydrogen-bond donors (Lipinski definition) is 1. The highest BCUT2D eigenvalue weighted by molar-refractivity contribution is 14.1. The van der Waals surface area contributed by atoms with Crippen LogP contribution in [-0.2, 0) is 0 Å². The Balaban J connectivity index is 3.05. The van der Waals surface area contributed by atoms with E-state index in [4.69, 9.17) is 5.26 Å². The van der Waals surface area contributed by atoms with Gasteiger partial charge in [-0.15, -0.1) is 0 Å². The summed E-state index contributed by atoms with van der Waals surface area (Å²) in [4.78, 5) is 6.45. The van der Waals surface area contributed by atoms with Gasteiger partial charge in [-0.05, 0) is 22.6 Å². The van der Waals surface area contributed by atoms with Crippen molar-refractivity contribution < 1.29 is 0 Å². The van der Waals surface area contributed by atoms with Gasteiger partial charge < -0.3 is 4.98 Å². The summed E-state index contributed by atoms with van der Waals surface area (Å²) < 4.78 is 0.888. The van der Waals surface area contributed by atoms with E-state index >= 15 is 0 Å². The molecule has 0 unspecified atom stereocenters. The van der Waals surface area contributed by atoms with Gasteiger partial charge in [-0.3, -0.25) is 0 Å². The third kappa shape index (κ3) is 0.980. The minimum absolute atomic E-state index is 0.370. The van der Waals surface area contributed by atoms with Gasteiger partial charge in [0.15, 0.2) is 0 Å². The number of nitrogens with one attached hydrogen (secondary N) is 1. The lowest BCUT2D eigenvalue weighted by Gasteiger charge is -1.70. The molecule has 0 saturated carbocycles. The lowest BCUT2D eigenvalue weighted by atomic mass is 10.7. The average Bonchev–Trinajstić information content (AvgIpc) is 2.14. The number of halogens is 1. The molecule has 0 radical (unpaired) electrons. The molecule has 0 aromatic carbocycles. The molecule has 0 bridgehead atoms. The van der Waals surface area contributed by atoms with Gasteiger partial charge in [0.25, 0.3) is 0 Å². The standard InChI is InChI=1S/C4H2IN3/c5-3-2-7-4(1-6)8-3/h2H,(H,7,8). The van der Waals surface area contributed by atoms with Crippen LogP contribution in [0.2, 0.25) is 0 Å². The van der Waals surface area contributed by atoms with Crippen molar-refractivity contribution in [3.63, 3.8) is 0 Å². The number of aromatic amines is 1. The van der Waals surface area contributed by atoms with Crippen LogP contribution in [-0.4, -0.2) is 9.97 Å². The number of nitrogens with zero attached hydrogens (tertiary/aromatic N) is 2. The molecule has 0 fully saturated rings. The van der Waals surface area contributed by atoms with Crippen molar-refractivity contribution in [3.05, 3.63) is 15.7 Å². The van der Waals surface area contributed by atoms with Gasteiger partial charge in [-0.2, -0.15) is 5.26 Å². The van der Waals surface area contributed by atoms with Crippen LogP contribution in [0.25, 0.3) is 0 Å². The summed E-state index contributed by atoms with van der Waals surface area (Å²) in [6, 6.07) is 1.88. The Kier molecular flexibility index (Phi) is 1.48. The molecule has 0 saturated heterocycles. The Morgan fingerprint density at radius 2 is 2.62 bits per heavy atom. The molecule has 1 rings (SSSR count). The Morgan fingerprint density at radius 1 is 1.88 bits per heavy atom. The van der Waals surface area contributed by atoms with Crippen molar-refractivity contribution in [2.24, 2.45) is 0 Å². The monoisotopic (exact) mass is 219 g/mol. The summed E-state index contributed by atoms with van der Waals surface area (Å²) in [7, 11) is 0. The first kappa shape index (κ1) is 5.56. The van der Waals surface area contributed by atoms with E-state index in [1.54, 1.807) is 6.20 Å². The van der Waals surface area contributed by atoms with Crippen LogP contribution in [0.3, 0.4) is 0 Å². The smallest absolute Gasteiger partial charge is 0.210 e. The number of nitriles is 1. The van der Waals surface area contributed by atoms with E-state index in [2.05, 4.69) is 32.6 Å². The zero-order chi connectivity index (χ0) is 5.98. The van der Waals surface area contributed by atoms with Crippen molar-refractivity contribution in [1.29, 1.82) is 5.26 Å². The highest BCUT2D eigenvalue weighted by atomic mass is 127. The molecule has 1 aromatic heterocycles. The Hall–Kier alpha value is -0.570. The maximum absolute atomic E-state index is 8.20. The van der Waals surface area contributed by atoms with E-state index in [0.29, 0.717) is 5.82 Å². The first-order valence-electron chi connectivity index (χ1n) is 1.93. The molecule has 0 spiro atoms. The first-order valence-corrected chi connectivity index (χ1v) is 3.01. The van der Waals surface area contributed by atoms with E-state index in [9.17, 15) is 0 Å². The van der Waals surface area contributed by atoms with E-state index < -0.39 is 0 Å². The van der Waals surface area contributed by atoms with Crippen LogP contribution in [0.5, 0.6) is 0 Å². The van der Waals surface area contributed by atoms with Gasteiger partial charge in [0.05, 0.1) is 9.90 Å². The fourth-order valence-corrected chi connectivity index (χ4v) is 0.750. The van der Waals surface area contributed by atoms with Gasteiger partial charge in [0.1, 0.15) is 6.07 Å². The fourth-order valence-electron chi connectivity index (χ4n) is 0.356. The Bertz CT molecular complexity index is 221. The fraction of sp³-hybridized carbons (Fsp3) is 0. The Labute approximate surface area is 59.9 Å². The molecule has 3 nitrogen and oxygen atoms in total. The maximum atomic E-state index is 8.20. The molecule has 1 N–H and O–H groups in total. The zero-order valence-corrected chi connectivity index (χ0v) is 6.01. The largest absolute Gasteiger partial charge is 0.325 e. The summed E-state index contributed by atoms with van der Waals surface area (Å²) >= 11 is 2.05. The lowest BCUT2D eigenvalue weighted by molar-refractivity contribution is 1.22. The third-order valence-corrected chi connectivity index (χ3v) is 1.20. The predicted molar refractivity (Wildman–Crippen MR) is 36.0 cm³/mol. The number of imidazole rings is 1. The molecular weight excluding hydrogens is 217 g/mol. The van der Waals surface area contributed by atoms with Crippen molar-refractivity contribution in [2.75, 3.05) is 0 Å². The van der Waals surface area contributed by atoms with E-state index in [0.717, 1.165) is 3.70 Å². The van der Waals surface area contributed by atoms with Crippen LogP contribution >= 0.6 is 22.6 Å². The zero-order valence-electron chi connectivity index (χ0n) is 3.85. The summed E-state index contributed by atoms with van der Waals surface area (Å²) in [5, 5.41) is 8.20. The molecule has 40 valence electrons. The molecule has 0 aliphatic carbocycles. The second-order valence-electron chi connectivity index (χ2n) is 1.19. The average molecular weight is 219 g/mol. The molecule has 1 heterocycles. The van der Waals surface area contributed by atoms with Crippen molar-refractivity contribution in [1.82, 2.24) is 9.97 Å². The van der Waals surface area contributed by atoms with E-state index in [1.807, 2.05) is 6.07 Å². The third-order valence-electron chi connectivity index (χ3n) is 0.651. The number of aromatic nitrogens is 2.